The summed E-state index contributed by atoms with van der Waals surface area (Å²) < 4.78 is 17.2. The van der Waals surface area contributed by atoms with Gasteiger partial charge in [-0.1, -0.05) is 182 Å². The number of carbonyl (C=O) groups is 3. The quantitative estimate of drug-likeness (QED) is 0.0260. The van der Waals surface area contributed by atoms with E-state index in [4.69, 9.17) is 14.2 Å². The molecule has 2 atom stereocenters. The summed E-state index contributed by atoms with van der Waals surface area (Å²) in [6.07, 6.45) is 60.5. The summed E-state index contributed by atoms with van der Waals surface area (Å²) in [5, 5.41) is 11.7. The van der Waals surface area contributed by atoms with Gasteiger partial charge in [0.2, 0.25) is 0 Å². The highest BCUT2D eigenvalue weighted by molar-refractivity contribution is 5.70. The Hall–Kier alpha value is -3.49. The van der Waals surface area contributed by atoms with Gasteiger partial charge in [-0.2, -0.15) is 0 Å². The normalized spacial score (nSPS) is 13.6. The topological polar surface area (TPSA) is 102 Å². The Balaban J connectivity index is 4.29. The van der Waals surface area contributed by atoms with E-state index in [0.29, 0.717) is 12.8 Å². The second kappa shape index (κ2) is 46.1. The fourth-order valence-electron chi connectivity index (χ4n) is 7.14. The SMILES string of the molecule is CC/C=C/C/C=C/C/C=C/C/C=C/C/C=C/CCCCCC(=O)OC(COCCC(C(=O)[O-])[N+](C)(C)C)COC(=O)CCCCCCCCCCCCCCCC/C=C/C/C=C/CC. The number of aliphatic carboxylic acids is 1. The molecule has 0 N–H and O–H groups in total. The highest BCUT2D eigenvalue weighted by atomic mass is 16.6. The molecule has 0 rings (SSSR count). The molecule has 8 nitrogen and oxygen atoms in total. The van der Waals surface area contributed by atoms with E-state index in [2.05, 4.69) is 98.9 Å². The average molecular weight is 894 g/mol. The van der Waals surface area contributed by atoms with Crippen LogP contribution in [0.4, 0.5) is 0 Å². The number of unbranched alkanes of at least 4 members (excludes halogenated alkanes) is 17. The summed E-state index contributed by atoms with van der Waals surface area (Å²) in [5.41, 5.74) is 0. The molecule has 0 aromatic heterocycles. The van der Waals surface area contributed by atoms with Crippen LogP contribution in [0, 0.1) is 0 Å². The molecule has 0 aromatic carbocycles. The lowest BCUT2D eigenvalue weighted by molar-refractivity contribution is -0.889. The van der Waals surface area contributed by atoms with Crippen molar-refractivity contribution in [2.75, 3.05) is 41.0 Å². The highest BCUT2D eigenvalue weighted by Gasteiger charge is 2.25. The molecule has 0 amide bonds. The molecule has 0 fully saturated rings. The molecule has 0 saturated heterocycles. The summed E-state index contributed by atoms with van der Waals surface area (Å²) >= 11 is 0. The van der Waals surface area contributed by atoms with Gasteiger partial charge >= 0.3 is 11.9 Å². The van der Waals surface area contributed by atoms with Crippen LogP contribution >= 0.6 is 0 Å². The lowest BCUT2D eigenvalue weighted by Gasteiger charge is -2.34. The third kappa shape index (κ3) is 43.7. The molecule has 0 heterocycles. The fourth-order valence-corrected chi connectivity index (χ4v) is 7.14. The van der Waals surface area contributed by atoms with Gasteiger partial charge in [-0.25, -0.2) is 0 Å². The number of esters is 2. The van der Waals surface area contributed by atoms with E-state index in [0.717, 1.165) is 83.5 Å². The van der Waals surface area contributed by atoms with Crippen LogP contribution in [-0.4, -0.2) is 75.5 Å². The number of likely N-dealkylation sites (N-methyl/N-ethyl adjacent to an activating group) is 1. The Bertz CT molecular complexity index is 1320. The summed E-state index contributed by atoms with van der Waals surface area (Å²) in [5.74, 6) is -1.78. The van der Waals surface area contributed by atoms with Crippen LogP contribution in [-0.2, 0) is 28.6 Å². The fraction of sp³-hybridized carbons (Fsp3) is 0.696. The Morgan fingerprint density at radius 3 is 1.23 bits per heavy atom. The second-order valence-electron chi connectivity index (χ2n) is 18.0. The number of ether oxygens (including phenoxy) is 3. The third-order valence-corrected chi connectivity index (χ3v) is 11.0. The molecule has 0 saturated carbocycles. The van der Waals surface area contributed by atoms with Crippen LogP contribution in [0.25, 0.3) is 0 Å². The molecule has 0 aliphatic carbocycles. The van der Waals surface area contributed by atoms with Crippen LogP contribution in [0.3, 0.4) is 0 Å². The molecule has 0 radical (unpaired) electrons. The predicted octanol–water partition coefficient (Wildman–Crippen LogP) is 13.5. The number of carboxylic acids is 1. The molecule has 0 bridgehead atoms. The van der Waals surface area contributed by atoms with Gasteiger partial charge in [0.05, 0.1) is 40.3 Å². The van der Waals surface area contributed by atoms with Crippen LogP contribution < -0.4 is 5.11 Å². The Morgan fingerprint density at radius 2 is 0.828 bits per heavy atom. The maximum atomic E-state index is 12.8. The monoisotopic (exact) mass is 894 g/mol. The molecular weight excluding hydrogens is 799 g/mol. The van der Waals surface area contributed by atoms with Gasteiger partial charge in [-0.05, 0) is 83.5 Å². The number of hydrogen-bond acceptors (Lipinski definition) is 7. The lowest BCUT2D eigenvalue weighted by atomic mass is 10.0. The average Bonchev–Trinajstić information content (AvgIpc) is 3.26. The van der Waals surface area contributed by atoms with Crippen LogP contribution in [0.15, 0.2) is 85.1 Å². The molecule has 0 aliphatic rings. The molecule has 0 aliphatic heterocycles. The number of carbonyl (C=O) groups excluding carboxylic acids is 3. The first-order chi connectivity index (χ1) is 31.1. The van der Waals surface area contributed by atoms with E-state index in [-0.39, 0.29) is 49.1 Å². The van der Waals surface area contributed by atoms with E-state index >= 15 is 0 Å². The minimum absolute atomic E-state index is 0.0236. The van der Waals surface area contributed by atoms with Crippen LogP contribution in [0.5, 0.6) is 0 Å². The van der Waals surface area contributed by atoms with Gasteiger partial charge in [0.1, 0.15) is 12.6 Å². The maximum absolute atomic E-state index is 12.8. The van der Waals surface area contributed by atoms with Crippen LogP contribution in [0.2, 0.25) is 0 Å². The number of rotatable bonds is 45. The summed E-state index contributed by atoms with van der Waals surface area (Å²) in [4.78, 5) is 37.0. The standard InChI is InChI=1S/C56H95NO7/c1-6-8-10-12-14-16-18-20-22-24-26-27-29-30-32-34-36-38-40-42-44-46-54(58)63-51-52(50-62-49-48-53(56(60)61)57(3,4)5)64-55(59)47-45-43-41-39-37-35-33-31-28-25-23-21-19-17-15-13-11-9-7-2/h8-11,14-17,21,23,28,31,35,37,52-53H,6-7,12-13,18-20,22,24-27,29-30,32-34,36,38-51H2,1-5H3/b10-8+,11-9+,16-14+,17-15+,23-21+,31-28+,37-35+. The number of hydrogen-bond donors (Lipinski definition) is 0. The second-order valence-corrected chi connectivity index (χ2v) is 18.0. The molecule has 0 aromatic rings. The highest BCUT2D eigenvalue weighted by Crippen LogP contribution is 2.15. The van der Waals surface area contributed by atoms with Gasteiger partial charge in [-0.3, -0.25) is 9.59 Å². The first-order valence-corrected chi connectivity index (χ1v) is 25.6. The van der Waals surface area contributed by atoms with E-state index in [1.807, 2.05) is 0 Å². The Morgan fingerprint density at radius 1 is 0.469 bits per heavy atom. The molecule has 64 heavy (non-hydrogen) atoms. The van der Waals surface area contributed by atoms with Crippen molar-refractivity contribution in [2.45, 2.75) is 212 Å². The van der Waals surface area contributed by atoms with Gasteiger partial charge in [0.15, 0.2) is 6.10 Å². The van der Waals surface area contributed by atoms with Crippen molar-refractivity contribution in [3.8, 4) is 0 Å². The van der Waals surface area contributed by atoms with E-state index in [9.17, 15) is 19.5 Å². The minimum Gasteiger partial charge on any atom is -0.544 e. The van der Waals surface area contributed by atoms with Crippen molar-refractivity contribution in [3.63, 3.8) is 0 Å². The first kappa shape index (κ1) is 60.5. The van der Waals surface area contributed by atoms with E-state index in [1.165, 1.54) is 77.0 Å². The number of allylic oxidation sites excluding steroid dienone is 14. The van der Waals surface area contributed by atoms with Crippen LogP contribution in [0.1, 0.15) is 200 Å². The Kier molecular flexibility index (Phi) is 43.5. The van der Waals surface area contributed by atoms with Gasteiger partial charge in [0.25, 0.3) is 0 Å². The van der Waals surface area contributed by atoms with Crippen molar-refractivity contribution in [1.82, 2.24) is 0 Å². The van der Waals surface area contributed by atoms with Gasteiger partial charge in [-0.15, -0.1) is 0 Å². The number of carboxylic acid groups (broad SMARTS) is 1. The largest absolute Gasteiger partial charge is 0.544 e. The Labute approximate surface area is 393 Å². The third-order valence-electron chi connectivity index (χ3n) is 11.0. The predicted molar refractivity (Wildman–Crippen MR) is 268 cm³/mol. The van der Waals surface area contributed by atoms with Crippen molar-refractivity contribution < 1.29 is 38.2 Å². The number of nitrogens with zero attached hydrogens (tertiary/aromatic N) is 1. The van der Waals surface area contributed by atoms with Gasteiger partial charge < -0.3 is 28.6 Å². The lowest BCUT2D eigenvalue weighted by Crippen LogP contribution is -2.55. The minimum atomic E-state index is -1.13. The molecule has 0 spiro atoms. The van der Waals surface area contributed by atoms with Crippen molar-refractivity contribution >= 4 is 17.9 Å². The molecule has 8 heteroatoms. The summed E-state index contributed by atoms with van der Waals surface area (Å²) in [6, 6.07) is -0.737. The number of quaternary nitrogens is 1. The zero-order valence-electron chi connectivity index (χ0n) is 41.7. The van der Waals surface area contributed by atoms with Crippen molar-refractivity contribution in [2.24, 2.45) is 0 Å². The summed E-state index contributed by atoms with van der Waals surface area (Å²) in [6.45, 7) is 4.42. The van der Waals surface area contributed by atoms with Gasteiger partial charge in [0, 0.05) is 19.3 Å². The molecule has 2 unspecified atom stereocenters. The zero-order chi connectivity index (χ0) is 47.0. The van der Waals surface area contributed by atoms with Crippen molar-refractivity contribution in [3.05, 3.63) is 85.1 Å². The van der Waals surface area contributed by atoms with E-state index < -0.39 is 18.1 Å². The first-order valence-electron chi connectivity index (χ1n) is 25.6. The van der Waals surface area contributed by atoms with E-state index in [1.54, 1.807) is 21.1 Å². The zero-order valence-corrected chi connectivity index (χ0v) is 41.7. The molecular formula is C56H95NO7. The summed E-state index contributed by atoms with van der Waals surface area (Å²) in [7, 11) is 5.40. The maximum Gasteiger partial charge on any atom is 0.306 e. The smallest absolute Gasteiger partial charge is 0.306 e. The molecule has 366 valence electrons. The van der Waals surface area contributed by atoms with Crippen molar-refractivity contribution in [1.29, 1.82) is 0 Å².